The molecule has 0 saturated carbocycles. The van der Waals surface area contributed by atoms with E-state index >= 15 is 0 Å². The Morgan fingerprint density at radius 1 is 0.786 bits per heavy atom. The highest BCUT2D eigenvalue weighted by molar-refractivity contribution is 9.10. The molecule has 3 aromatic rings. The second kappa shape index (κ2) is 10.2. The van der Waals surface area contributed by atoms with Crippen LogP contribution in [0.4, 0.5) is 0 Å². The minimum atomic E-state index is 0.479. The summed E-state index contributed by atoms with van der Waals surface area (Å²) in [6.07, 6.45) is 0. The van der Waals surface area contributed by atoms with Crippen LogP contribution in [0.3, 0.4) is 0 Å². The monoisotopic (exact) mass is 441 g/mol. The first-order valence-electron chi connectivity index (χ1n) is 9.07. The SMILES string of the molecule is COc1ccccc1CNCc1c(Br)ccc(OC)c1OCc1ccccc1. The van der Waals surface area contributed by atoms with Gasteiger partial charge in [0.1, 0.15) is 12.4 Å². The zero-order valence-corrected chi connectivity index (χ0v) is 17.7. The molecule has 3 rings (SSSR count). The van der Waals surface area contributed by atoms with Crippen LogP contribution in [-0.4, -0.2) is 14.2 Å². The summed E-state index contributed by atoms with van der Waals surface area (Å²) in [6, 6.07) is 22.0. The summed E-state index contributed by atoms with van der Waals surface area (Å²) in [7, 11) is 3.34. The number of hydrogen-bond donors (Lipinski definition) is 1. The number of methoxy groups -OCH3 is 2. The van der Waals surface area contributed by atoms with E-state index in [0.717, 1.165) is 32.7 Å². The molecule has 0 unspecified atom stereocenters. The molecule has 3 aromatic carbocycles. The van der Waals surface area contributed by atoms with Crippen LogP contribution < -0.4 is 19.5 Å². The third-order valence-corrected chi connectivity index (χ3v) is 5.17. The fourth-order valence-corrected chi connectivity index (χ4v) is 3.42. The van der Waals surface area contributed by atoms with Gasteiger partial charge in [0.15, 0.2) is 11.5 Å². The van der Waals surface area contributed by atoms with E-state index in [4.69, 9.17) is 14.2 Å². The molecule has 4 nitrogen and oxygen atoms in total. The van der Waals surface area contributed by atoms with Crippen LogP contribution >= 0.6 is 15.9 Å². The van der Waals surface area contributed by atoms with Crippen LogP contribution in [0, 0.1) is 0 Å². The first kappa shape index (κ1) is 20.2. The van der Waals surface area contributed by atoms with E-state index in [9.17, 15) is 0 Å². The number of nitrogens with one attached hydrogen (secondary N) is 1. The van der Waals surface area contributed by atoms with Crippen LogP contribution in [0.25, 0.3) is 0 Å². The van der Waals surface area contributed by atoms with Crippen molar-refractivity contribution in [3.05, 3.63) is 87.9 Å². The smallest absolute Gasteiger partial charge is 0.167 e. The Bertz CT molecular complexity index is 900. The average Bonchev–Trinajstić information content (AvgIpc) is 2.74. The molecule has 0 fully saturated rings. The second-order valence-electron chi connectivity index (χ2n) is 6.25. The van der Waals surface area contributed by atoms with Gasteiger partial charge in [0.2, 0.25) is 0 Å². The summed E-state index contributed by atoms with van der Waals surface area (Å²) in [5, 5.41) is 3.48. The van der Waals surface area contributed by atoms with Crippen LogP contribution in [0.15, 0.2) is 71.2 Å². The quantitative estimate of drug-likeness (QED) is 0.486. The van der Waals surface area contributed by atoms with Gasteiger partial charge in [-0.3, -0.25) is 0 Å². The van der Waals surface area contributed by atoms with Gasteiger partial charge in [0, 0.05) is 28.7 Å². The first-order valence-corrected chi connectivity index (χ1v) is 9.87. The standard InChI is InChI=1S/C23H24BrNO3/c1-26-21-11-7-6-10-18(21)14-25-15-19-20(24)12-13-22(27-2)23(19)28-16-17-8-4-3-5-9-17/h3-13,25H,14-16H2,1-2H3. The van der Waals surface area contributed by atoms with Gasteiger partial charge in [-0.05, 0) is 23.8 Å². The molecule has 0 heterocycles. The number of hydrogen-bond acceptors (Lipinski definition) is 4. The van der Waals surface area contributed by atoms with Gasteiger partial charge in [0.05, 0.1) is 14.2 Å². The molecule has 0 spiro atoms. The molecule has 0 atom stereocenters. The summed E-state index contributed by atoms with van der Waals surface area (Å²) in [5.41, 5.74) is 3.23. The maximum Gasteiger partial charge on any atom is 0.167 e. The van der Waals surface area contributed by atoms with E-state index in [2.05, 4.69) is 27.3 Å². The average molecular weight is 442 g/mol. The van der Waals surface area contributed by atoms with Crippen molar-refractivity contribution in [1.29, 1.82) is 0 Å². The minimum Gasteiger partial charge on any atom is -0.496 e. The summed E-state index contributed by atoms with van der Waals surface area (Å²) < 4.78 is 18.1. The van der Waals surface area contributed by atoms with Crippen molar-refractivity contribution in [2.75, 3.05) is 14.2 Å². The van der Waals surface area contributed by atoms with Gasteiger partial charge in [0.25, 0.3) is 0 Å². The Kier molecular flexibility index (Phi) is 7.34. The largest absolute Gasteiger partial charge is 0.496 e. The molecular weight excluding hydrogens is 418 g/mol. The Hall–Kier alpha value is -2.50. The van der Waals surface area contributed by atoms with Gasteiger partial charge in [-0.1, -0.05) is 64.5 Å². The Labute approximate surface area is 174 Å². The lowest BCUT2D eigenvalue weighted by atomic mass is 10.1. The minimum absolute atomic E-state index is 0.479. The predicted octanol–water partition coefficient (Wildman–Crippen LogP) is 5.34. The van der Waals surface area contributed by atoms with Crippen LogP contribution in [0.2, 0.25) is 0 Å². The number of para-hydroxylation sites is 1. The van der Waals surface area contributed by atoms with Gasteiger partial charge in [-0.2, -0.15) is 0 Å². The van der Waals surface area contributed by atoms with Crippen molar-refractivity contribution in [3.63, 3.8) is 0 Å². The topological polar surface area (TPSA) is 39.7 Å². The Morgan fingerprint density at radius 3 is 2.25 bits per heavy atom. The number of rotatable bonds is 9. The summed E-state index contributed by atoms with van der Waals surface area (Å²) in [4.78, 5) is 0. The van der Waals surface area contributed by atoms with Crippen molar-refractivity contribution in [2.45, 2.75) is 19.7 Å². The lowest BCUT2D eigenvalue weighted by Crippen LogP contribution is -2.15. The fraction of sp³-hybridized carbons (Fsp3) is 0.217. The maximum atomic E-state index is 6.15. The molecule has 0 bridgehead atoms. The molecule has 0 amide bonds. The van der Waals surface area contributed by atoms with Crippen molar-refractivity contribution >= 4 is 15.9 Å². The van der Waals surface area contributed by atoms with Gasteiger partial charge < -0.3 is 19.5 Å². The molecule has 0 aliphatic carbocycles. The molecule has 0 aromatic heterocycles. The molecule has 146 valence electrons. The van der Waals surface area contributed by atoms with Crippen LogP contribution in [-0.2, 0) is 19.7 Å². The van der Waals surface area contributed by atoms with E-state index in [1.165, 1.54) is 0 Å². The van der Waals surface area contributed by atoms with E-state index in [1.807, 2.05) is 60.7 Å². The molecule has 0 saturated heterocycles. The first-order chi connectivity index (χ1) is 13.7. The summed E-state index contributed by atoms with van der Waals surface area (Å²) in [6.45, 7) is 1.79. The molecule has 5 heteroatoms. The molecule has 0 aliphatic heterocycles. The molecule has 28 heavy (non-hydrogen) atoms. The lowest BCUT2D eigenvalue weighted by Gasteiger charge is -2.17. The zero-order valence-electron chi connectivity index (χ0n) is 16.1. The molecule has 0 radical (unpaired) electrons. The zero-order chi connectivity index (χ0) is 19.8. The number of halogens is 1. The van der Waals surface area contributed by atoms with E-state index in [1.54, 1.807) is 14.2 Å². The van der Waals surface area contributed by atoms with Crippen molar-refractivity contribution in [3.8, 4) is 17.2 Å². The van der Waals surface area contributed by atoms with E-state index < -0.39 is 0 Å². The Balaban J connectivity index is 1.75. The molecule has 1 N–H and O–H groups in total. The summed E-state index contributed by atoms with van der Waals surface area (Å²) >= 11 is 3.65. The summed E-state index contributed by atoms with van der Waals surface area (Å²) in [5.74, 6) is 2.33. The normalized spacial score (nSPS) is 10.5. The van der Waals surface area contributed by atoms with Gasteiger partial charge in [-0.15, -0.1) is 0 Å². The lowest BCUT2D eigenvalue weighted by molar-refractivity contribution is 0.280. The van der Waals surface area contributed by atoms with Gasteiger partial charge >= 0.3 is 0 Å². The molecular formula is C23H24BrNO3. The van der Waals surface area contributed by atoms with E-state index in [0.29, 0.717) is 25.4 Å². The number of benzene rings is 3. The maximum absolute atomic E-state index is 6.15. The van der Waals surface area contributed by atoms with Gasteiger partial charge in [-0.25, -0.2) is 0 Å². The van der Waals surface area contributed by atoms with Crippen molar-refractivity contribution in [1.82, 2.24) is 5.32 Å². The highest BCUT2D eigenvalue weighted by Crippen LogP contribution is 2.37. The van der Waals surface area contributed by atoms with Crippen LogP contribution in [0.1, 0.15) is 16.7 Å². The third kappa shape index (κ3) is 5.06. The number of ether oxygens (including phenoxy) is 3. The van der Waals surface area contributed by atoms with Crippen molar-refractivity contribution < 1.29 is 14.2 Å². The highest BCUT2D eigenvalue weighted by atomic mass is 79.9. The molecule has 0 aliphatic rings. The highest BCUT2D eigenvalue weighted by Gasteiger charge is 2.15. The van der Waals surface area contributed by atoms with E-state index in [-0.39, 0.29) is 0 Å². The second-order valence-corrected chi connectivity index (χ2v) is 7.10. The predicted molar refractivity (Wildman–Crippen MR) is 115 cm³/mol. The van der Waals surface area contributed by atoms with Crippen molar-refractivity contribution in [2.24, 2.45) is 0 Å². The Morgan fingerprint density at radius 2 is 1.50 bits per heavy atom. The van der Waals surface area contributed by atoms with Crippen LogP contribution in [0.5, 0.6) is 17.2 Å². The third-order valence-electron chi connectivity index (χ3n) is 4.42. The fourth-order valence-electron chi connectivity index (χ4n) is 2.97.